The SMILES string of the molecule is COc1cccc(C(=O)Nc2nc(-c3ccccc3O)cc(-c3cccc(C(=O)NCCN)c3)c2C#N)c1. The number of anilines is 1. The Morgan fingerprint density at radius 1 is 0.974 bits per heavy atom. The molecule has 0 saturated carbocycles. The summed E-state index contributed by atoms with van der Waals surface area (Å²) in [5, 5.41) is 26.1. The van der Waals surface area contributed by atoms with Crippen molar-refractivity contribution >= 4 is 17.6 Å². The molecule has 9 heteroatoms. The van der Waals surface area contributed by atoms with E-state index in [0.29, 0.717) is 52.4 Å². The Hall–Kier alpha value is -5.20. The quantitative estimate of drug-likeness (QED) is 0.282. The van der Waals surface area contributed by atoms with Crippen LogP contribution in [0.4, 0.5) is 5.82 Å². The number of pyridine rings is 1. The second-order valence-corrected chi connectivity index (χ2v) is 8.22. The second kappa shape index (κ2) is 11.7. The molecular formula is C29H25N5O4. The maximum absolute atomic E-state index is 13.1. The van der Waals surface area contributed by atoms with Gasteiger partial charge < -0.3 is 26.2 Å². The van der Waals surface area contributed by atoms with Crippen LogP contribution in [-0.2, 0) is 0 Å². The van der Waals surface area contributed by atoms with Gasteiger partial charge in [-0.15, -0.1) is 0 Å². The summed E-state index contributed by atoms with van der Waals surface area (Å²) >= 11 is 0. The Bertz CT molecular complexity index is 1540. The maximum Gasteiger partial charge on any atom is 0.256 e. The minimum Gasteiger partial charge on any atom is -0.507 e. The fourth-order valence-corrected chi connectivity index (χ4v) is 3.86. The van der Waals surface area contributed by atoms with E-state index in [2.05, 4.69) is 21.7 Å². The number of phenolic OH excluding ortho intramolecular Hbond substituents is 1. The number of nitrogens with two attached hydrogens (primary N) is 1. The maximum atomic E-state index is 13.1. The number of carbonyl (C=O) groups excluding carboxylic acids is 2. The normalized spacial score (nSPS) is 10.3. The fraction of sp³-hybridized carbons (Fsp3) is 0.103. The smallest absolute Gasteiger partial charge is 0.256 e. The third-order valence-electron chi connectivity index (χ3n) is 5.74. The van der Waals surface area contributed by atoms with Crippen molar-refractivity contribution in [2.45, 2.75) is 0 Å². The molecule has 0 saturated heterocycles. The van der Waals surface area contributed by atoms with Crippen LogP contribution in [0, 0.1) is 11.3 Å². The summed E-state index contributed by atoms with van der Waals surface area (Å²) in [6.45, 7) is 0.619. The van der Waals surface area contributed by atoms with Gasteiger partial charge in [-0.2, -0.15) is 5.26 Å². The lowest BCUT2D eigenvalue weighted by molar-refractivity contribution is 0.0954. The van der Waals surface area contributed by atoms with E-state index in [4.69, 9.17) is 10.5 Å². The second-order valence-electron chi connectivity index (χ2n) is 8.22. The molecule has 0 atom stereocenters. The molecule has 0 unspecified atom stereocenters. The van der Waals surface area contributed by atoms with Gasteiger partial charge in [-0.1, -0.05) is 30.3 Å². The Labute approximate surface area is 219 Å². The number of rotatable bonds is 8. The van der Waals surface area contributed by atoms with Crippen molar-refractivity contribution in [2.75, 3.05) is 25.5 Å². The number of phenols is 1. The number of methoxy groups -OCH3 is 1. The van der Waals surface area contributed by atoms with Gasteiger partial charge in [0.1, 0.15) is 23.1 Å². The number of aromatic hydroxyl groups is 1. The van der Waals surface area contributed by atoms with Gasteiger partial charge in [-0.25, -0.2) is 4.98 Å². The molecule has 0 aliphatic carbocycles. The first-order valence-electron chi connectivity index (χ1n) is 11.7. The van der Waals surface area contributed by atoms with Gasteiger partial charge in [0.05, 0.1) is 12.8 Å². The van der Waals surface area contributed by atoms with E-state index >= 15 is 0 Å². The fourth-order valence-electron chi connectivity index (χ4n) is 3.86. The third-order valence-corrected chi connectivity index (χ3v) is 5.74. The van der Waals surface area contributed by atoms with Crippen LogP contribution in [0.2, 0.25) is 0 Å². The molecule has 0 aliphatic heterocycles. The molecule has 4 rings (SSSR count). The van der Waals surface area contributed by atoms with Crippen LogP contribution < -0.4 is 21.1 Å². The molecule has 0 fully saturated rings. The van der Waals surface area contributed by atoms with E-state index in [1.165, 1.54) is 13.2 Å². The van der Waals surface area contributed by atoms with Crippen molar-refractivity contribution in [1.29, 1.82) is 5.26 Å². The molecule has 190 valence electrons. The number of nitrogens with one attached hydrogen (secondary N) is 2. The monoisotopic (exact) mass is 507 g/mol. The lowest BCUT2D eigenvalue weighted by Gasteiger charge is -2.15. The molecule has 2 amide bonds. The zero-order valence-corrected chi connectivity index (χ0v) is 20.6. The molecule has 9 nitrogen and oxygen atoms in total. The number of ether oxygens (including phenoxy) is 1. The van der Waals surface area contributed by atoms with Crippen LogP contribution in [0.3, 0.4) is 0 Å². The molecule has 3 aromatic carbocycles. The van der Waals surface area contributed by atoms with Gasteiger partial charge in [0.2, 0.25) is 0 Å². The first-order valence-corrected chi connectivity index (χ1v) is 11.7. The zero-order chi connectivity index (χ0) is 27.1. The van der Waals surface area contributed by atoms with Crippen molar-refractivity contribution in [2.24, 2.45) is 5.73 Å². The van der Waals surface area contributed by atoms with Crippen LogP contribution in [-0.4, -0.2) is 42.1 Å². The molecule has 1 heterocycles. The summed E-state index contributed by atoms with van der Waals surface area (Å²) < 4.78 is 5.21. The van der Waals surface area contributed by atoms with Crippen molar-refractivity contribution in [3.63, 3.8) is 0 Å². The highest BCUT2D eigenvalue weighted by Gasteiger charge is 2.20. The number of amides is 2. The summed E-state index contributed by atoms with van der Waals surface area (Å²) in [5.41, 5.74) is 7.99. The topological polar surface area (TPSA) is 150 Å². The van der Waals surface area contributed by atoms with E-state index in [1.807, 2.05) is 0 Å². The Morgan fingerprint density at radius 3 is 2.42 bits per heavy atom. The van der Waals surface area contributed by atoms with Crippen LogP contribution >= 0.6 is 0 Å². The van der Waals surface area contributed by atoms with Gasteiger partial charge in [0, 0.05) is 35.3 Å². The van der Waals surface area contributed by atoms with E-state index in [-0.39, 0.29) is 23.0 Å². The average molecular weight is 508 g/mol. The van der Waals surface area contributed by atoms with Crippen molar-refractivity contribution in [3.8, 4) is 40.0 Å². The van der Waals surface area contributed by atoms with Gasteiger partial charge in [0.25, 0.3) is 11.8 Å². The first kappa shape index (κ1) is 25.9. The van der Waals surface area contributed by atoms with E-state index in [9.17, 15) is 20.0 Å². The Balaban J connectivity index is 1.86. The van der Waals surface area contributed by atoms with E-state index in [0.717, 1.165) is 0 Å². The van der Waals surface area contributed by atoms with E-state index in [1.54, 1.807) is 72.8 Å². The molecule has 38 heavy (non-hydrogen) atoms. The minimum absolute atomic E-state index is 0.00839. The zero-order valence-electron chi connectivity index (χ0n) is 20.6. The Morgan fingerprint density at radius 2 is 1.71 bits per heavy atom. The molecule has 1 aromatic heterocycles. The highest BCUT2D eigenvalue weighted by atomic mass is 16.5. The number of hydrogen-bond acceptors (Lipinski definition) is 7. The van der Waals surface area contributed by atoms with Crippen molar-refractivity contribution in [3.05, 3.63) is 95.6 Å². The standard InChI is InChI=1S/C29H25N5O4/c1-38-21-9-5-8-20(15-21)29(37)34-27-24(17-31)23(16-25(33-27)22-10-2-3-11-26(22)35)18-6-4-7-19(14-18)28(36)32-13-12-30/h2-11,14-16,35H,12-13,30H2,1H3,(H,32,36)(H,33,34,37). The molecule has 4 aromatic rings. The molecule has 0 spiro atoms. The predicted octanol–water partition coefficient (Wildman–Crippen LogP) is 3.94. The predicted molar refractivity (Wildman–Crippen MR) is 144 cm³/mol. The number of nitrogens with zero attached hydrogens (tertiary/aromatic N) is 2. The number of hydrogen-bond donors (Lipinski definition) is 4. The molecule has 0 aliphatic rings. The van der Waals surface area contributed by atoms with Crippen molar-refractivity contribution in [1.82, 2.24) is 10.3 Å². The van der Waals surface area contributed by atoms with Gasteiger partial charge in [-0.3, -0.25) is 9.59 Å². The Kier molecular flexibility index (Phi) is 7.96. The summed E-state index contributed by atoms with van der Waals surface area (Å²) in [4.78, 5) is 30.2. The lowest BCUT2D eigenvalue weighted by Crippen LogP contribution is -2.28. The molecule has 0 radical (unpaired) electrons. The molecule has 0 bridgehead atoms. The molecular weight excluding hydrogens is 482 g/mol. The summed E-state index contributed by atoms with van der Waals surface area (Å²) in [6.07, 6.45) is 0. The summed E-state index contributed by atoms with van der Waals surface area (Å²) in [6, 6.07) is 23.7. The summed E-state index contributed by atoms with van der Waals surface area (Å²) in [5.74, 6) is -0.315. The highest BCUT2D eigenvalue weighted by molar-refractivity contribution is 6.05. The largest absolute Gasteiger partial charge is 0.507 e. The lowest BCUT2D eigenvalue weighted by atomic mass is 9.96. The minimum atomic E-state index is -0.497. The first-order chi connectivity index (χ1) is 18.4. The van der Waals surface area contributed by atoms with Crippen LogP contribution in [0.1, 0.15) is 26.3 Å². The number of aromatic nitrogens is 1. The number of nitriles is 1. The number of benzene rings is 3. The van der Waals surface area contributed by atoms with Gasteiger partial charge in [-0.05, 0) is 54.1 Å². The average Bonchev–Trinajstić information content (AvgIpc) is 2.95. The van der Waals surface area contributed by atoms with Crippen LogP contribution in [0.25, 0.3) is 22.4 Å². The molecule has 5 N–H and O–H groups in total. The summed E-state index contributed by atoms with van der Waals surface area (Å²) in [7, 11) is 1.50. The third kappa shape index (κ3) is 5.61. The number of para-hydroxylation sites is 1. The van der Waals surface area contributed by atoms with Gasteiger partial charge >= 0.3 is 0 Å². The van der Waals surface area contributed by atoms with Gasteiger partial charge in [0.15, 0.2) is 5.82 Å². The van der Waals surface area contributed by atoms with Crippen molar-refractivity contribution < 1.29 is 19.4 Å². The van der Waals surface area contributed by atoms with Crippen LogP contribution in [0.5, 0.6) is 11.5 Å². The number of carbonyl (C=O) groups is 2. The van der Waals surface area contributed by atoms with Crippen LogP contribution in [0.15, 0.2) is 78.9 Å². The highest BCUT2D eigenvalue weighted by Crippen LogP contribution is 2.35. The van der Waals surface area contributed by atoms with E-state index < -0.39 is 5.91 Å².